The Kier molecular flexibility index (Phi) is 5.40. The van der Waals surface area contributed by atoms with E-state index < -0.39 is 0 Å². The van der Waals surface area contributed by atoms with Crippen molar-refractivity contribution >= 4 is 5.97 Å². The maximum atomic E-state index is 11.0. The zero-order chi connectivity index (χ0) is 16.9. The Morgan fingerprint density at radius 3 is 2.04 bits per heavy atom. The minimum Gasteiger partial charge on any atom is -0.508 e. The molecule has 2 aromatic rings. The van der Waals surface area contributed by atoms with Crippen LogP contribution >= 0.6 is 0 Å². The van der Waals surface area contributed by atoms with E-state index in [2.05, 4.69) is 6.92 Å². The van der Waals surface area contributed by atoms with Crippen LogP contribution in [-0.4, -0.2) is 22.8 Å². The van der Waals surface area contributed by atoms with Crippen molar-refractivity contribution in [2.24, 2.45) is 0 Å². The van der Waals surface area contributed by atoms with Crippen LogP contribution in [0.15, 0.2) is 48.5 Å². The quantitative estimate of drug-likeness (QED) is 0.633. The number of phenolic OH excluding ortho intramolecular Hbond substituents is 1. The largest absolute Gasteiger partial charge is 0.508 e. The minimum absolute atomic E-state index is 0.124. The van der Waals surface area contributed by atoms with Gasteiger partial charge in [-0.05, 0) is 48.2 Å². The maximum absolute atomic E-state index is 11.0. The molecule has 0 fully saturated rings. The maximum Gasteiger partial charge on any atom is 0.308 e. The van der Waals surface area contributed by atoms with Gasteiger partial charge in [0.15, 0.2) is 0 Å². The number of hydrogen-bond donors (Lipinski definition) is 2. The number of aliphatic hydroxyl groups excluding tert-OH is 1. The monoisotopic (exact) mass is 314 g/mol. The smallest absolute Gasteiger partial charge is 0.308 e. The summed E-state index contributed by atoms with van der Waals surface area (Å²) < 4.78 is 5.07. The lowest BCUT2D eigenvalue weighted by atomic mass is 9.73. The van der Waals surface area contributed by atoms with Crippen molar-refractivity contribution in [1.82, 2.24) is 0 Å². The average molecular weight is 314 g/mol. The van der Waals surface area contributed by atoms with Gasteiger partial charge in [0.25, 0.3) is 0 Å². The summed E-state index contributed by atoms with van der Waals surface area (Å²) in [5.74, 6) is 0.388. The molecular weight excluding hydrogens is 292 g/mol. The fourth-order valence-corrected chi connectivity index (χ4v) is 2.77. The van der Waals surface area contributed by atoms with Crippen LogP contribution in [0.3, 0.4) is 0 Å². The number of aliphatic hydroxyl groups is 1. The normalized spacial score (nSPS) is 13.3. The van der Waals surface area contributed by atoms with Crippen LogP contribution in [0, 0.1) is 0 Å². The summed E-state index contributed by atoms with van der Waals surface area (Å²) in [6.07, 6.45) is 1.43. The van der Waals surface area contributed by atoms with E-state index in [-0.39, 0.29) is 23.7 Å². The van der Waals surface area contributed by atoms with Crippen LogP contribution in [0.1, 0.15) is 37.8 Å². The fourth-order valence-electron chi connectivity index (χ4n) is 2.77. The highest BCUT2D eigenvalue weighted by Crippen LogP contribution is 2.37. The van der Waals surface area contributed by atoms with Crippen LogP contribution in [0.4, 0.5) is 0 Å². The molecule has 2 N–H and O–H groups in total. The van der Waals surface area contributed by atoms with Gasteiger partial charge in [0.1, 0.15) is 11.5 Å². The number of carbonyl (C=O) groups excluding carboxylic acids is 1. The highest BCUT2D eigenvalue weighted by Gasteiger charge is 2.28. The second-order valence-electron chi connectivity index (χ2n) is 5.82. The molecule has 4 nitrogen and oxygen atoms in total. The zero-order valence-corrected chi connectivity index (χ0v) is 13.5. The summed E-state index contributed by atoms with van der Waals surface area (Å²) in [5.41, 5.74) is 1.82. The first-order valence-corrected chi connectivity index (χ1v) is 7.65. The number of esters is 1. The highest BCUT2D eigenvalue weighted by molar-refractivity contribution is 5.69. The third kappa shape index (κ3) is 4.11. The Labute approximate surface area is 136 Å². The van der Waals surface area contributed by atoms with E-state index in [1.807, 2.05) is 24.3 Å². The molecule has 0 saturated carbocycles. The number of benzene rings is 2. The average Bonchev–Trinajstić information content (AvgIpc) is 2.53. The molecule has 0 radical (unpaired) electrons. The Hall–Kier alpha value is -2.33. The molecule has 4 heteroatoms. The van der Waals surface area contributed by atoms with E-state index in [1.165, 1.54) is 6.92 Å². The number of rotatable bonds is 6. The Morgan fingerprint density at radius 2 is 1.57 bits per heavy atom. The second kappa shape index (κ2) is 7.29. The van der Waals surface area contributed by atoms with Gasteiger partial charge in [0.2, 0.25) is 0 Å². The van der Waals surface area contributed by atoms with E-state index in [0.717, 1.165) is 17.5 Å². The molecule has 0 bridgehead atoms. The Bertz CT molecular complexity index is 646. The molecule has 0 aliphatic carbocycles. The van der Waals surface area contributed by atoms with Crippen LogP contribution < -0.4 is 4.74 Å². The summed E-state index contributed by atoms with van der Waals surface area (Å²) >= 11 is 0. The number of ether oxygens (including phenoxy) is 1. The number of hydrogen-bond acceptors (Lipinski definition) is 4. The van der Waals surface area contributed by atoms with Gasteiger partial charge in [-0.1, -0.05) is 31.2 Å². The summed E-state index contributed by atoms with van der Waals surface area (Å²) in [6, 6.07) is 14.5. The fraction of sp³-hybridized carbons (Fsp3) is 0.316. The highest BCUT2D eigenvalue weighted by atomic mass is 16.5. The molecule has 0 aromatic heterocycles. The Morgan fingerprint density at radius 1 is 1.04 bits per heavy atom. The van der Waals surface area contributed by atoms with Gasteiger partial charge in [0.05, 0.1) is 0 Å². The van der Waals surface area contributed by atoms with Crippen LogP contribution in [0.2, 0.25) is 0 Å². The molecular formula is C19H22O4. The van der Waals surface area contributed by atoms with Gasteiger partial charge < -0.3 is 14.9 Å². The minimum atomic E-state index is -0.348. The third-order valence-electron chi connectivity index (χ3n) is 4.09. The van der Waals surface area contributed by atoms with Crippen molar-refractivity contribution in [3.05, 3.63) is 59.7 Å². The van der Waals surface area contributed by atoms with Gasteiger partial charge >= 0.3 is 5.97 Å². The van der Waals surface area contributed by atoms with Crippen molar-refractivity contribution in [1.29, 1.82) is 0 Å². The van der Waals surface area contributed by atoms with Crippen molar-refractivity contribution in [3.8, 4) is 11.5 Å². The van der Waals surface area contributed by atoms with Crippen molar-refractivity contribution in [3.63, 3.8) is 0 Å². The molecule has 1 unspecified atom stereocenters. The van der Waals surface area contributed by atoms with Crippen molar-refractivity contribution in [2.75, 3.05) is 6.61 Å². The topological polar surface area (TPSA) is 66.8 Å². The van der Waals surface area contributed by atoms with Gasteiger partial charge in [-0.15, -0.1) is 0 Å². The number of aromatic hydroxyl groups is 1. The summed E-state index contributed by atoms with van der Waals surface area (Å²) in [7, 11) is 0. The molecule has 0 heterocycles. The number of phenols is 1. The van der Waals surface area contributed by atoms with E-state index in [4.69, 9.17) is 4.74 Å². The molecule has 2 rings (SSSR count). The predicted octanol–water partition coefficient (Wildman–Crippen LogP) is 3.40. The molecule has 0 amide bonds. The van der Waals surface area contributed by atoms with E-state index >= 15 is 0 Å². The SMILES string of the molecule is CC(=O)Oc1ccc(C(C)(CCCO)c2ccc(O)cc2)cc1. The lowest BCUT2D eigenvalue weighted by molar-refractivity contribution is -0.131. The summed E-state index contributed by atoms with van der Waals surface area (Å²) in [6.45, 7) is 3.60. The van der Waals surface area contributed by atoms with Crippen LogP contribution in [-0.2, 0) is 10.2 Å². The van der Waals surface area contributed by atoms with Gasteiger partial charge in [-0.25, -0.2) is 0 Å². The molecule has 0 aliphatic rings. The van der Waals surface area contributed by atoms with E-state index in [0.29, 0.717) is 12.2 Å². The standard InChI is InChI=1S/C19H22O4/c1-14(21)23-18-10-6-16(7-11-18)19(2,12-3-13-20)15-4-8-17(22)9-5-15/h4-11,20,22H,3,12-13H2,1-2H3. The molecule has 0 spiro atoms. The first-order chi connectivity index (χ1) is 11.0. The molecule has 1 atom stereocenters. The number of carbonyl (C=O) groups is 1. The summed E-state index contributed by atoms with van der Waals surface area (Å²) in [4.78, 5) is 11.0. The second-order valence-corrected chi connectivity index (χ2v) is 5.82. The summed E-state index contributed by atoms with van der Waals surface area (Å²) in [5, 5.41) is 18.7. The van der Waals surface area contributed by atoms with Crippen molar-refractivity contribution in [2.45, 2.75) is 32.1 Å². The van der Waals surface area contributed by atoms with E-state index in [9.17, 15) is 15.0 Å². The van der Waals surface area contributed by atoms with Gasteiger partial charge in [-0.2, -0.15) is 0 Å². The first-order valence-electron chi connectivity index (χ1n) is 7.65. The molecule has 122 valence electrons. The van der Waals surface area contributed by atoms with Crippen LogP contribution in [0.5, 0.6) is 11.5 Å². The van der Waals surface area contributed by atoms with Crippen molar-refractivity contribution < 1.29 is 19.7 Å². The first kappa shape index (κ1) is 17.0. The lowest BCUT2D eigenvalue weighted by Crippen LogP contribution is -2.24. The van der Waals surface area contributed by atoms with Crippen LogP contribution in [0.25, 0.3) is 0 Å². The molecule has 2 aromatic carbocycles. The van der Waals surface area contributed by atoms with E-state index in [1.54, 1.807) is 24.3 Å². The van der Waals surface area contributed by atoms with Gasteiger partial charge in [-0.3, -0.25) is 4.79 Å². The van der Waals surface area contributed by atoms with Gasteiger partial charge in [0, 0.05) is 18.9 Å². The molecule has 0 aliphatic heterocycles. The predicted molar refractivity (Wildman–Crippen MR) is 88.6 cm³/mol. The zero-order valence-electron chi connectivity index (χ0n) is 13.5. The molecule has 0 saturated heterocycles. The lowest BCUT2D eigenvalue weighted by Gasteiger charge is -2.31. The Balaban J connectivity index is 2.37. The third-order valence-corrected chi connectivity index (χ3v) is 4.09. The molecule has 23 heavy (non-hydrogen) atoms.